The Labute approximate surface area is 92.3 Å². The zero-order valence-electron chi connectivity index (χ0n) is 9.75. The van der Waals surface area contributed by atoms with Crippen LogP contribution in [-0.2, 0) is 4.79 Å². The summed E-state index contributed by atoms with van der Waals surface area (Å²) in [6.45, 7) is 3.93. The van der Waals surface area contributed by atoms with Crippen LogP contribution < -0.4 is 5.32 Å². The Kier molecular flexibility index (Phi) is 8.79. The Balaban J connectivity index is 3.43. The van der Waals surface area contributed by atoms with Gasteiger partial charge in [-0.05, 0) is 13.5 Å². The van der Waals surface area contributed by atoms with Gasteiger partial charge in [-0.1, -0.05) is 19.8 Å². The lowest BCUT2D eigenvalue weighted by Gasteiger charge is -2.14. The van der Waals surface area contributed by atoms with Gasteiger partial charge in [0, 0.05) is 19.5 Å². The highest BCUT2D eigenvalue weighted by Gasteiger charge is 2.04. The van der Waals surface area contributed by atoms with Gasteiger partial charge in [0.15, 0.2) is 0 Å². The van der Waals surface area contributed by atoms with Crippen LogP contribution in [0, 0.1) is 11.3 Å². The summed E-state index contributed by atoms with van der Waals surface area (Å²) in [5.41, 5.74) is 0. The monoisotopic (exact) mass is 211 g/mol. The van der Waals surface area contributed by atoms with E-state index in [1.165, 1.54) is 0 Å². The molecule has 0 fully saturated rings. The van der Waals surface area contributed by atoms with E-state index in [0.717, 1.165) is 25.8 Å². The molecule has 0 saturated heterocycles. The minimum Gasteiger partial charge on any atom is -0.355 e. The Morgan fingerprint density at radius 1 is 1.47 bits per heavy atom. The number of amides is 1. The van der Waals surface area contributed by atoms with Crippen LogP contribution >= 0.6 is 0 Å². The summed E-state index contributed by atoms with van der Waals surface area (Å²) in [4.78, 5) is 13.2. The average Bonchev–Trinajstić information content (AvgIpc) is 2.21. The van der Waals surface area contributed by atoms with Crippen molar-refractivity contribution in [1.82, 2.24) is 10.2 Å². The molecule has 86 valence electrons. The molecule has 0 saturated carbocycles. The molecule has 4 heteroatoms. The summed E-state index contributed by atoms with van der Waals surface area (Å²) < 4.78 is 0. The van der Waals surface area contributed by atoms with E-state index in [9.17, 15) is 4.79 Å². The van der Waals surface area contributed by atoms with Gasteiger partial charge in [0.2, 0.25) is 5.91 Å². The van der Waals surface area contributed by atoms with Gasteiger partial charge in [0.1, 0.15) is 0 Å². The van der Waals surface area contributed by atoms with E-state index in [1.807, 2.05) is 11.9 Å². The zero-order valence-corrected chi connectivity index (χ0v) is 9.75. The second-order valence-corrected chi connectivity index (χ2v) is 3.70. The molecule has 1 amide bonds. The minimum atomic E-state index is 0.0477. The first-order valence-corrected chi connectivity index (χ1v) is 5.53. The Morgan fingerprint density at radius 3 is 2.80 bits per heavy atom. The van der Waals surface area contributed by atoms with E-state index in [0.29, 0.717) is 19.5 Å². The molecule has 0 aromatic rings. The number of nitrogens with zero attached hydrogens (tertiary/aromatic N) is 2. The molecule has 0 spiro atoms. The number of likely N-dealkylation sites (N-methyl/N-ethyl adjacent to an activating group) is 1. The molecule has 0 atom stereocenters. The van der Waals surface area contributed by atoms with Gasteiger partial charge in [-0.3, -0.25) is 9.69 Å². The fraction of sp³-hybridized carbons (Fsp3) is 0.818. The topological polar surface area (TPSA) is 56.1 Å². The molecule has 0 bridgehead atoms. The van der Waals surface area contributed by atoms with Crippen molar-refractivity contribution in [1.29, 1.82) is 5.26 Å². The lowest BCUT2D eigenvalue weighted by Crippen LogP contribution is -2.35. The van der Waals surface area contributed by atoms with Crippen molar-refractivity contribution >= 4 is 5.91 Å². The summed E-state index contributed by atoms with van der Waals surface area (Å²) in [6, 6.07) is 2.06. The minimum absolute atomic E-state index is 0.0477. The largest absolute Gasteiger partial charge is 0.355 e. The first-order chi connectivity index (χ1) is 7.20. The molecular formula is C11H21N3O. The van der Waals surface area contributed by atoms with Gasteiger partial charge in [-0.2, -0.15) is 5.26 Å². The van der Waals surface area contributed by atoms with Crippen LogP contribution in [-0.4, -0.2) is 37.5 Å². The second kappa shape index (κ2) is 9.47. The number of hydrogen-bond donors (Lipinski definition) is 1. The van der Waals surface area contributed by atoms with Crippen molar-refractivity contribution in [3.8, 4) is 6.07 Å². The van der Waals surface area contributed by atoms with Crippen LogP contribution in [0.3, 0.4) is 0 Å². The molecule has 0 aromatic heterocycles. The molecule has 0 aromatic carbocycles. The SMILES string of the molecule is CCCCCNC(=O)CN(C)CCC#N. The third-order valence-corrected chi connectivity index (χ3v) is 2.12. The Morgan fingerprint density at radius 2 is 2.20 bits per heavy atom. The van der Waals surface area contributed by atoms with E-state index in [1.54, 1.807) is 0 Å². The van der Waals surface area contributed by atoms with Crippen molar-refractivity contribution in [2.24, 2.45) is 0 Å². The number of carbonyl (C=O) groups is 1. The zero-order chi connectivity index (χ0) is 11.5. The van der Waals surface area contributed by atoms with Crippen molar-refractivity contribution < 1.29 is 4.79 Å². The fourth-order valence-corrected chi connectivity index (χ4v) is 1.22. The first kappa shape index (κ1) is 13.9. The van der Waals surface area contributed by atoms with Gasteiger partial charge in [0.05, 0.1) is 12.6 Å². The number of nitrogens with one attached hydrogen (secondary N) is 1. The van der Waals surface area contributed by atoms with Crippen LogP contribution in [0.15, 0.2) is 0 Å². The Bertz CT molecular complexity index is 210. The maximum absolute atomic E-state index is 11.3. The fourth-order valence-electron chi connectivity index (χ4n) is 1.22. The smallest absolute Gasteiger partial charge is 0.234 e. The number of nitriles is 1. The van der Waals surface area contributed by atoms with Gasteiger partial charge in [0.25, 0.3) is 0 Å². The summed E-state index contributed by atoms with van der Waals surface area (Å²) in [7, 11) is 1.85. The lowest BCUT2D eigenvalue weighted by molar-refractivity contribution is -0.121. The summed E-state index contributed by atoms with van der Waals surface area (Å²) in [6.07, 6.45) is 3.84. The molecule has 0 aliphatic rings. The van der Waals surface area contributed by atoms with Gasteiger partial charge in [-0.25, -0.2) is 0 Å². The molecular weight excluding hydrogens is 190 g/mol. The van der Waals surface area contributed by atoms with Crippen LogP contribution in [0.5, 0.6) is 0 Å². The van der Waals surface area contributed by atoms with E-state index >= 15 is 0 Å². The predicted octanol–water partition coefficient (Wildman–Crippen LogP) is 1.14. The second-order valence-electron chi connectivity index (χ2n) is 3.70. The average molecular weight is 211 g/mol. The molecule has 0 heterocycles. The van der Waals surface area contributed by atoms with Crippen LogP contribution in [0.4, 0.5) is 0 Å². The first-order valence-electron chi connectivity index (χ1n) is 5.53. The molecule has 0 unspecified atom stereocenters. The third kappa shape index (κ3) is 9.23. The highest BCUT2D eigenvalue weighted by atomic mass is 16.1. The van der Waals surface area contributed by atoms with Gasteiger partial charge >= 0.3 is 0 Å². The maximum Gasteiger partial charge on any atom is 0.234 e. The number of rotatable bonds is 8. The van der Waals surface area contributed by atoms with Crippen LogP contribution in [0.25, 0.3) is 0 Å². The van der Waals surface area contributed by atoms with E-state index in [2.05, 4.69) is 18.3 Å². The summed E-state index contributed by atoms with van der Waals surface area (Å²) in [5.74, 6) is 0.0477. The summed E-state index contributed by atoms with van der Waals surface area (Å²) >= 11 is 0. The van der Waals surface area contributed by atoms with Crippen LogP contribution in [0.2, 0.25) is 0 Å². The number of unbranched alkanes of at least 4 members (excludes halogenated alkanes) is 2. The van der Waals surface area contributed by atoms with Crippen molar-refractivity contribution in [3.63, 3.8) is 0 Å². The molecule has 0 aliphatic carbocycles. The molecule has 1 N–H and O–H groups in total. The molecule has 0 aliphatic heterocycles. The quantitative estimate of drug-likeness (QED) is 0.612. The molecule has 15 heavy (non-hydrogen) atoms. The standard InChI is InChI=1S/C11H21N3O/c1-3-4-5-8-13-11(15)10-14(2)9-6-7-12/h3-6,8-10H2,1-2H3,(H,13,15). The lowest BCUT2D eigenvalue weighted by atomic mass is 10.2. The highest BCUT2D eigenvalue weighted by molar-refractivity contribution is 5.77. The van der Waals surface area contributed by atoms with Crippen molar-refractivity contribution in [2.45, 2.75) is 32.6 Å². The number of carbonyl (C=O) groups excluding carboxylic acids is 1. The molecule has 4 nitrogen and oxygen atoms in total. The highest BCUT2D eigenvalue weighted by Crippen LogP contribution is 1.91. The predicted molar refractivity (Wildman–Crippen MR) is 60.3 cm³/mol. The van der Waals surface area contributed by atoms with E-state index in [4.69, 9.17) is 5.26 Å². The van der Waals surface area contributed by atoms with Gasteiger partial charge < -0.3 is 5.32 Å². The van der Waals surface area contributed by atoms with Crippen molar-refractivity contribution in [3.05, 3.63) is 0 Å². The third-order valence-electron chi connectivity index (χ3n) is 2.12. The molecule has 0 rings (SSSR count). The van der Waals surface area contributed by atoms with E-state index in [-0.39, 0.29) is 5.91 Å². The molecule has 0 radical (unpaired) electrons. The summed E-state index contributed by atoms with van der Waals surface area (Å²) in [5, 5.41) is 11.2. The number of hydrogen-bond acceptors (Lipinski definition) is 3. The normalized spacial score (nSPS) is 10.0. The van der Waals surface area contributed by atoms with Crippen molar-refractivity contribution in [2.75, 3.05) is 26.7 Å². The van der Waals surface area contributed by atoms with E-state index < -0.39 is 0 Å². The maximum atomic E-state index is 11.3. The van der Waals surface area contributed by atoms with Gasteiger partial charge in [-0.15, -0.1) is 0 Å². The Hall–Kier alpha value is -1.08. The van der Waals surface area contributed by atoms with Crippen LogP contribution in [0.1, 0.15) is 32.6 Å².